The van der Waals surface area contributed by atoms with E-state index in [1.807, 2.05) is 13.0 Å². The molecule has 1 saturated carbocycles. The molecule has 0 aromatic carbocycles. The van der Waals surface area contributed by atoms with Crippen LogP contribution in [0.5, 0.6) is 0 Å². The zero-order valence-electron chi connectivity index (χ0n) is 11.3. The summed E-state index contributed by atoms with van der Waals surface area (Å²) in [5.74, 6) is -0.0347. The monoisotopic (exact) mass is 272 g/mol. The first-order valence-corrected chi connectivity index (χ1v) is 6.89. The van der Waals surface area contributed by atoms with Crippen LogP contribution in [0.2, 0.25) is 0 Å². The van der Waals surface area contributed by atoms with Crippen molar-refractivity contribution in [3.05, 3.63) is 39.8 Å². The van der Waals surface area contributed by atoms with Crippen LogP contribution in [-0.2, 0) is 4.74 Å². The summed E-state index contributed by atoms with van der Waals surface area (Å²) in [7, 11) is 0. The Morgan fingerprint density at radius 3 is 2.95 bits per heavy atom. The van der Waals surface area contributed by atoms with Crippen molar-refractivity contribution < 1.29 is 9.53 Å². The highest BCUT2D eigenvalue weighted by Gasteiger charge is 2.26. The standard InChI is InChI=1S/C15H16N2O3/c1-2-5-20-15(19)10-6-13-12(16-8-10)7-11(9-3-4-9)14(18)17-13/h6-9H,2-5H2,1H3,(H,17,18). The summed E-state index contributed by atoms with van der Waals surface area (Å²) >= 11 is 0. The van der Waals surface area contributed by atoms with Crippen LogP contribution in [0, 0.1) is 0 Å². The van der Waals surface area contributed by atoms with Gasteiger partial charge in [0, 0.05) is 11.8 Å². The fourth-order valence-corrected chi connectivity index (χ4v) is 2.19. The Bertz CT molecular complexity index is 717. The largest absolute Gasteiger partial charge is 0.462 e. The molecule has 0 saturated heterocycles. The van der Waals surface area contributed by atoms with E-state index in [9.17, 15) is 9.59 Å². The molecule has 1 aliphatic rings. The molecule has 3 rings (SSSR count). The summed E-state index contributed by atoms with van der Waals surface area (Å²) in [5.41, 5.74) is 2.36. The number of carbonyl (C=O) groups excluding carboxylic acids is 1. The molecule has 1 N–H and O–H groups in total. The van der Waals surface area contributed by atoms with Gasteiger partial charge in [0.05, 0.1) is 23.2 Å². The van der Waals surface area contributed by atoms with Crippen LogP contribution in [0.4, 0.5) is 0 Å². The Kier molecular flexibility index (Phi) is 3.26. The Hall–Kier alpha value is -2.17. The lowest BCUT2D eigenvalue weighted by atomic mass is 10.1. The number of nitrogens with zero attached hydrogens (tertiary/aromatic N) is 1. The maximum Gasteiger partial charge on any atom is 0.339 e. The smallest absolute Gasteiger partial charge is 0.339 e. The van der Waals surface area contributed by atoms with E-state index in [0.717, 1.165) is 24.8 Å². The topological polar surface area (TPSA) is 72.0 Å². The molecule has 20 heavy (non-hydrogen) atoms. The molecular weight excluding hydrogens is 256 g/mol. The summed E-state index contributed by atoms with van der Waals surface area (Å²) in [6.07, 6.45) is 4.40. The summed E-state index contributed by atoms with van der Waals surface area (Å²) in [6.45, 7) is 2.32. The van der Waals surface area contributed by atoms with Crippen LogP contribution >= 0.6 is 0 Å². The number of rotatable bonds is 4. The molecular formula is C15H16N2O3. The van der Waals surface area contributed by atoms with Crippen molar-refractivity contribution in [2.75, 3.05) is 6.61 Å². The number of H-pyrrole nitrogens is 1. The molecule has 5 heteroatoms. The Morgan fingerprint density at radius 1 is 1.45 bits per heavy atom. The van der Waals surface area contributed by atoms with Gasteiger partial charge in [-0.25, -0.2) is 4.79 Å². The lowest BCUT2D eigenvalue weighted by Crippen LogP contribution is -2.13. The number of carbonyl (C=O) groups is 1. The van der Waals surface area contributed by atoms with Crippen LogP contribution in [0.3, 0.4) is 0 Å². The molecule has 2 heterocycles. The number of hydrogen-bond acceptors (Lipinski definition) is 4. The quantitative estimate of drug-likeness (QED) is 0.867. The molecule has 1 aliphatic carbocycles. The highest BCUT2D eigenvalue weighted by molar-refractivity contribution is 5.92. The Labute approximate surface area is 116 Å². The number of ether oxygens (including phenoxy) is 1. The van der Waals surface area contributed by atoms with Gasteiger partial charge in [0.25, 0.3) is 5.56 Å². The second-order valence-electron chi connectivity index (χ2n) is 5.12. The minimum Gasteiger partial charge on any atom is -0.462 e. The number of fused-ring (bicyclic) bond motifs is 1. The third-order valence-electron chi connectivity index (χ3n) is 3.41. The van der Waals surface area contributed by atoms with Crippen molar-refractivity contribution in [2.45, 2.75) is 32.1 Å². The molecule has 0 spiro atoms. The Balaban J connectivity index is 1.97. The molecule has 1 fully saturated rings. The highest BCUT2D eigenvalue weighted by Crippen LogP contribution is 2.38. The fourth-order valence-electron chi connectivity index (χ4n) is 2.19. The summed E-state index contributed by atoms with van der Waals surface area (Å²) in [4.78, 5) is 30.8. The number of aromatic amines is 1. The van der Waals surface area contributed by atoms with E-state index in [-0.39, 0.29) is 5.56 Å². The fraction of sp³-hybridized carbons (Fsp3) is 0.400. The first-order valence-electron chi connectivity index (χ1n) is 6.89. The normalized spacial score (nSPS) is 14.4. The van der Waals surface area contributed by atoms with Crippen molar-refractivity contribution in [1.82, 2.24) is 9.97 Å². The van der Waals surface area contributed by atoms with Gasteiger partial charge in [-0.05, 0) is 37.3 Å². The SMILES string of the molecule is CCCOC(=O)c1cnc2cc(C3CC3)c(=O)[nH]c2c1. The van der Waals surface area contributed by atoms with Crippen molar-refractivity contribution in [3.8, 4) is 0 Å². The molecule has 0 amide bonds. The molecule has 0 atom stereocenters. The van der Waals surface area contributed by atoms with Gasteiger partial charge >= 0.3 is 5.97 Å². The molecule has 0 radical (unpaired) electrons. The summed E-state index contributed by atoms with van der Waals surface area (Å²) < 4.78 is 5.06. The number of aromatic nitrogens is 2. The molecule has 0 aliphatic heterocycles. The van der Waals surface area contributed by atoms with E-state index >= 15 is 0 Å². The van der Waals surface area contributed by atoms with E-state index < -0.39 is 5.97 Å². The van der Waals surface area contributed by atoms with Gasteiger partial charge in [0.15, 0.2) is 0 Å². The van der Waals surface area contributed by atoms with Crippen molar-refractivity contribution >= 4 is 17.0 Å². The van der Waals surface area contributed by atoms with Crippen molar-refractivity contribution in [3.63, 3.8) is 0 Å². The van der Waals surface area contributed by atoms with E-state index in [4.69, 9.17) is 4.74 Å². The molecule has 5 nitrogen and oxygen atoms in total. The van der Waals surface area contributed by atoms with E-state index in [0.29, 0.717) is 29.1 Å². The zero-order valence-corrected chi connectivity index (χ0v) is 11.3. The van der Waals surface area contributed by atoms with Crippen LogP contribution in [0.1, 0.15) is 48.0 Å². The zero-order chi connectivity index (χ0) is 14.1. The van der Waals surface area contributed by atoms with Crippen molar-refractivity contribution in [1.29, 1.82) is 0 Å². The molecule has 2 aromatic rings. The third-order valence-corrected chi connectivity index (χ3v) is 3.41. The number of pyridine rings is 2. The lowest BCUT2D eigenvalue weighted by Gasteiger charge is -2.05. The van der Waals surface area contributed by atoms with E-state index in [1.165, 1.54) is 6.20 Å². The molecule has 0 bridgehead atoms. The lowest BCUT2D eigenvalue weighted by molar-refractivity contribution is 0.0505. The van der Waals surface area contributed by atoms with Crippen LogP contribution < -0.4 is 5.56 Å². The average molecular weight is 272 g/mol. The predicted molar refractivity (Wildman–Crippen MR) is 74.9 cm³/mol. The summed E-state index contributed by atoms with van der Waals surface area (Å²) in [5, 5.41) is 0. The van der Waals surface area contributed by atoms with Gasteiger partial charge in [-0.1, -0.05) is 6.92 Å². The molecule has 104 valence electrons. The minimum absolute atomic E-state index is 0.0825. The van der Waals surface area contributed by atoms with E-state index in [2.05, 4.69) is 9.97 Å². The maximum absolute atomic E-state index is 12.0. The first kappa shape index (κ1) is 12.8. The average Bonchev–Trinajstić information content (AvgIpc) is 3.27. The third kappa shape index (κ3) is 2.43. The van der Waals surface area contributed by atoms with Gasteiger partial charge in [-0.15, -0.1) is 0 Å². The predicted octanol–water partition coefficient (Wildman–Crippen LogP) is 2.37. The van der Waals surface area contributed by atoms with Crippen LogP contribution in [-0.4, -0.2) is 22.5 Å². The number of esters is 1. The van der Waals surface area contributed by atoms with Gasteiger partial charge in [-0.2, -0.15) is 0 Å². The van der Waals surface area contributed by atoms with E-state index in [1.54, 1.807) is 6.07 Å². The summed E-state index contributed by atoms with van der Waals surface area (Å²) in [6, 6.07) is 3.45. The molecule has 2 aromatic heterocycles. The molecule has 0 unspecified atom stereocenters. The highest BCUT2D eigenvalue weighted by atomic mass is 16.5. The number of nitrogens with one attached hydrogen (secondary N) is 1. The first-order chi connectivity index (χ1) is 9.69. The second kappa shape index (κ2) is 5.07. The van der Waals surface area contributed by atoms with Gasteiger partial charge in [0.2, 0.25) is 0 Å². The van der Waals surface area contributed by atoms with Gasteiger partial charge in [-0.3, -0.25) is 9.78 Å². The second-order valence-corrected chi connectivity index (χ2v) is 5.12. The minimum atomic E-state index is -0.409. The van der Waals surface area contributed by atoms with Gasteiger partial charge in [0.1, 0.15) is 0 Å². The van der Waals surface area contributed by atoms with Crippen molar-refractivity contribution in [2.24, 2.45) is 0 Å². The van der Waals surface area contributed by atoms with Crippen LogP contribution in [0.25, 0.3) is 11.0 Å². The van der Waals surface area contributed by atoms with Crippen LogP contribution in [0.15, 0.2) is 23.1 Å². The number of hydrogen-bond donors (Lipinski definition) is 1. The maximum atomic E-state index is 12.0. The Morgan fingerprint density at radius 2 is 2.25 bits per heavy atom. The van der Waals surface area contributed by atoms with Gasteiger partial charge < -0.3 is 9.72 Å².